The van der Waals surface area contributed by atoms with Crippen LogP contribution in [0.4, 0.5) is 5.69 Å². The lowest BCUT2D eigenvalue weighted by Crippen LogP contribution is -2.15. The Morgan fingerprint density at radius 3 is 2.63 bits per heavy atom. The number of hydrogen-bond donors (Lipinski definition) is 1. The molecule has 0 atom stereocenters. The van der Waals surface area contributed by atoms with Crippen LogP contribution in [0, 0.1) is 6.92 Å². The lowest BCUT2D eigenvalue weighted by Gasteiger charge is -2.09. The van der Waals surface area contributed by atoms with Crippen molar-refractivity contribution in [1.29, 1.82) is 0 Å². The SMILES string of the molecule is Cc1ccccc1-c1noc(COC(=O)c2ccccc2NC(=O)c2ccco2)n1. The van der Waals surface area contributed by atoms with E-state index in [1.807, 2.05) is 31.2 Å². The average molecular weight is 403 g/mol. The summed E-state index contributed by atoms with van der Waals surface area (Å²) in [6.07, 6.45) is 1.39. The fourth-order valence-electron chi connectivity index (χ4n) is 2.81. The Hall–Kier alpha value is -4.20. The zero-order valence-electron chi connectivity index (χ0n) is 16.0. The summed E-state index contributed by atoms with van der Waals surface area (Å²) in [4.78, 5) is 29.0. The molecule has 8 heteroatoms. The molecule has 4 aromatic rings. The molecule has 0 unspecified atom stereocenters. The molecule has 2 aromatic heterocycles. The van der Waals surface area contributed by atoms with Gasteiger partial charge in [-0.3, -0.25) is 4.79 Å². The Bertz CT molecular complexity index is 1180. The fraction of sp³-hybridized carbons (Fsp3) is 0.0909. The van der Waals surface area contributed by atoms with Crippen molar-refractivity contribution in [3.63, 3.8) is 0 Å². The van der Waals surface area contributed by atoms with E-state index < -0.39 is 11.9 Å². The Kier molecular flexibility index (Phi) is 5.38. The molecular formula is C22H17N3O5. The normalized spacial score (nSPS) is 10.6. The van der Waals surface area contributed by atoms with Gasteiger partial charge in [-0.2, -0.15) is 4.98 Å². The van der Waals surface area contributed by atoms with Crippen LogP contribution in [0.15, 0.2) is 75.9 Å². The van der Waals surface area contributed by atoms with Crippen molar-refractivity contribution in [2.45, 2.75) is 13.5 Å². The molecule has 0 saturated heterocycles. The average Bonchev–Trinajstić information content (AvgIpc) is 3.45. The van der Waals surface area contributed by atoms with E-state index in [1.165, 1.54) is 12.3 Å². The molecule has 2 heterocycles. The maximum Gasteiger partial charge on any atom is 0.340 e. The summed E-state index contributed by atoms with van der Waals surface area (Å²) >= 11 is 0. The van der Waals surface area contributed by atoms with Crippen LogP contribution >= 0.6 is 0 Å². The van der Waals surface area contributed by atoms with Gasteiger partial charge in [-0.15, -0.1) is 0 Å². The topological polar surface area (TPSA) is 107 Å². The molecule has 0 aliphatic carbocycles. The summed E-state index contributed by atoms with van der Waals surface area (Å²) < 4.78 is 15.5. The van der Waals surface area contributed by atoms with Gasteiger partial charge in [-0.05, 0) is 36.8 Å². The summed E-state index contributed by atoms with van der Waals surface area (Å²) in [5, 5.41) is 6.58. The highest BCUT2D eigenvalue weighted by atomic mass is 16.6. The lowest BCUT2D eigenvalue weighted by atomic mass is 10.1. The molecular weight excluding hydrogens is 386 g/mol. The second kappa shape index (κ2) is 8.44. The van der Waals surface area contributed by atoms with Crippen molar-refractivity contribution >= 4 is 17.6 Å². The van der Waals surface area contributed by atoms with Crippen LogP contribution in [-0.4, -0.2) is 22.0 Å². The number of esters is 1. The molecule has 0 radical (unpaired) electrons. The van der Waals surface area contributed by atoms with Crippen LogP contribution in [0.1, 0.15) is 32.4 Å². The van der Waals surface area contributed by atoms with Gasteiger partial charge in [-0.1, -0.05) is 41.6 Å². The quantitative estimate of drug-likeness (QED) is 0.480. The van der Waals surface area contributed by atoms with Gasteiger partial charge in [0.05, 0.1) is 17.5 Å². The zero-order chi connectivity index (χ0) is 20.9. The Morgan fingerprint density at radius 1 is 1.03 bits per heavy atom. The number of aryl methyl sites for hydroxylation is 1. The molecule has 0 aliphatic rings. The summed E-state index contributed by atoms with van der Waals surface area (Å²) in [6, 6.07) is 17.3. The van der Waals surface area contributed by atoms with Gasteiger partial charge in [0.15, 0.2) is 12.4 Å². The van der Waals surface area contributed by atoms with Crippen LogP contribution in [0.2, 0.25) is 0 Å². The first-order valence-corrected chi connectivity index (χ1v) is 9.11. The smallest absolute Gasteiger partial charge is 0.340 e. The van der Waals surface area contributed by atoms with Gasteiger partial charge in [0.2, 0.25) is 5.82 Å². The first-order valence-electron chi connectivity index (χ1n) is 9.11. The van der Waals surface area contributed by atoms with Crippen molar-refractivity contribution < 1.29 is 23.3 Å². The highest BCUT2D eigenvalue weighted by Gasteiger charge is 2.18. The van der Waals surface area contributed by atoms with E-state index in [0.717, 1.165) is 11.1 Å². The lowest BCUT2D eigenvalue weighted by molar-refractivity contribution is 0.0431. The number of para-hydroxylation sites is 1. The van der Waals surface area contributed by atoms with Gasteiger partial charge in [0, 0.05) is 5.56 Å². The number of aromatic nitrogens is 2. The van der Waals surface area contributed by atoms with Gasteiger partial charge < -0.3 is 19.0 Å². The minimum atomic E-state index is -0.638. The van der Waals surface area contributed by atoms with Crippen LogP contribution in [-0.2, 0) is 11.3 Å². The molecule has 0 aliphatic heterocycles. The molecule has 0 bridgehead atoms. The third-order valence-electron chi connectivity index (χ3n) is 4.32. The van der Waals surface area contributed by atoms with E-state index in [2.05, 4.69) is 15.5 Å². The summed E-state index contributed by atoms with van der Waals surface area (Å²) in [6.45, 7) is 1.75. The number of carbonyl (C=O) groups is 2. The standard InChI is InChI=1S/C22H17N3O5/c1-14-7-2-3-8-15(14)20-24-19(30-25-20)13-29-22(27)16-9-4-5-10-17(16)23-21(26)18-11-6-12-28-18/h2-12H,13H2,1H3,(H,23,26). The molecule has 1 N–H and O–H groups in total. The number of anilines is 1. The van der Waals surface area contributed by atoms with E-state index >= 15 is 0 Å². The predicted molar refractivity (Wildman–Crippen MR) is 107 cm³/mol. The monoisotopic (exact) mass is 403 g/mol. The number of nitrogens with one attached hydrogen (secondary N) is 1. The third kappa shape index (κ3) is 4.12. The Labute approximate surface area is 171 Å². The number of benzene rings is 2. The van der Waals surface area contributed by atoms with E-state index in [1.54, 1.807) is 30.3 Å². The van der Waals surface area contributed by atoms with Gasteiger partial charge in [0.1, 0.15) is 0 Å². The van der Waals surface area contributed by atoms with Crippen molar-refractivity contribution in [2.24, 2.45) is 0 Å². The van der Waals surface area contributed by atoms with Crippen LogP contribution < -0.4 is 5.32 Å². The molecule has 0 saturated carbocycles. The van der Waals surface area contributed by atoms with Crippen LogP contribution in [0.3, 0.4) is 0 Å². The molecule has 0 spiro atoms. The van der Waals surface area contributed by atoms with Crippen molar-refractivity contribution in [3.05, 3.63) is 89.7 Å². The predicted octanol–water partition coefficient (Wildman–Crippen LogP) is 4.25. The summed E-state index contributed by atoms with van der Waals surface area (Å²) in [5.74, 6) is -0.391. The highest BCUT2D eigenvalue weighted by molar-refractivity contribution is 6.06. The molecule has 2 aromatic carbocycles. The largest absolute Gasteiger partial charge is 0.459 e. The second-order valence-electron chi connectivity index (χ2n) is 6.38. The Balaban J connectivity index is 1.44. The van der Waals surface area contributed by atoms with Crippen molar-refractivity contribution in [2.75, 3.05) is 5.32 Å². The third-order valence-corrected chi connectivity index (χ3v) is 4.32. The number of carbonyl (C=O) groups excluding carboxylic acids is 2. The minimum Gasteiger partial charge on any atom is -0.459 e. The fourth-order valence-corrected chi connectivity index (χ4v) is 2.81. The van der Waals surface area contributed by atoms with E-state index in [9.17, 15) is 9.59 Å². The molecule has 0 fully saturated rings. The highest BCUT2D eigenvalue weighted by Crippen LogP contribution is 2.21. The summed E-state index contributed by atoms with van der Waals surface area (Å²) in [7, 11) is 0. The van der Waals surface area contributed by atoms with Crippen molar-refractivity contribution in [1.82, 2.24) is 10.1 Å². The van der Waals surface area contributed by atoms with Crippen molar-refractivity contribution in [3.8, 4) is 11.4 Å². The Morgan fingerprint density at radius 2 is 1.83 bits per heavy atom. The number of amides is 1. The molecule has 1 amide bonds. The maximum atomic E-state index is 12.6. The van der Waals surface area contributed by atoms with Gasteiger partial charge >= 0.3 is 5.97 Å². The zero-order valence-corrected chi connectivity index (χ0v) is 16.0. The first-order chi connectivity index (χ1) is 14.6. The first kappa shape index (κ1) is 19.1. The summed E-state index contributed by atoms with van der Waals surface area (Å²) in [5.41, 5.74) is 2.33. The maximum absolute atomic E-state index is 12.6. The number of furan rings is 1. The van der Waals surface area contributed by atoms with E-state index in [-0.39, 0.29) is 23.8 Å². The number of hydrogen-bond acceptors (Lipinski definition) is 7. The number of nitrogens with zero attached hydrogens (tertiary/aromatic N) is 2. The van der Waals surface area contributed by atoms with Gasteiger partial charge in [-0.25, -0.2) is 4.79 Å². The molecule has 150 valence electrons. The molecule has 30 heavy (non-hydrogen) atoms. The minimum absolute atomic E-state index is 0.132. The van der Waals surface area contributed by atoms with E-state index in [4.69, 9.17) is 13.7 Å². The second-order valence-corrected chi connectivity index (χ2v) is 6.38. The molecule has 8 nitrogen and oxygen atoms in total. The van der Waals surface area contributed by atoms with Crippen LogP contribution in [0.5, 0.6) is 0 Å². The van der Waals surface area contributed by atoms with Gasteiger partial charge in [0.25, 0.3) is 11.8 Å². The molecule has 4 rings (SSSR count). The van der Waals surface area contributed by atoms with E-state index in [0.29, 0.717) is 11.5 Å². The number of ether oxygens (including phenoxy) is 1. The van der Waals surface area contributed by atoms with Crippen LogP contribution in [0.25, 0.3) is 11.4 Å². The number of rotatable bonds is 6.